The highest BCUT2D eigenvalue weighted by Gasteiger charge is 2.19. The van der Waals surface area contributed by atoms with E-state index in [0.717, 1.165) is 6.54 Å². The van der Waals surface area contributed by atoms with Gasteiger partial charge >= 0.3 is 0 Å². The maximum atomic E-state index is 4.32. The van der Waals surface area contributed by atoms with Gasteiger partial charge in [-0.1, -0.05) is 20.3 Å². The molecular weight excluding hydrogens is 186 g/mol. The fourth-order valence-electron chi connectivity index (χ4n) is 2.22. The van der Waals surface area contributed by atoms with E-state index in [1.807, 2.05) is 13.2 Å². The average molecular weight is 209 g/mol. The van der Waals surface area contributed by atoms with Crippen molar-refractivity contribution in [2.24, 2.45) is 5.92 Å². The molecule has 0 saturated heterocycles. The van der Waals surface area contributed by atoms with Crippen molar-refractivity contribution in [1.82, 2.24) is 15.1 Å². The molecule has 1 aromatic rings. The van der Waals surface area contributed by atoms with Crippen LogP contribution in [0.1, 0.15) is 45.3 Å². The standard InChI is InChI=1S/C12H23N3/c1-5-7-10(3)12(13-4)11-8-9-14-15(11)6-2/h8-10,12-13H,5-7H2,1-4H3. The summed E-state index contributed by atoms with van der Waals surface area (Å²) in [5.74, 6) is 0.655. The van der Waals surface area contributed by atoms with Gasteiger partial charge in [-0.25, -0.2) is 0 Å². The van der Waals surface area contributed by atoms with Gasteiger partial charge in [0, 0.05) is 12.7 Å². The third kappa shape index (κ3) is 2.81. The van der Waals surface area contributed by atoms with Gasteiger partial charge in [-0.3, -0.25) is 4.68 Å². The molecule has 0 bridgehead atoms. The van der Waals surface area contributed by atoms with Crippen LogP contribution in [0.3, 0.4) is 0 Å². The first-order valence-corrected chi connectivity index (χ1v) is 5.93. The fraction of sp³-hybridized carbons (Fsp3) is 0.750. The SMILES string of the molecule is CCCC(C)C(NC)c1ccnn1CC. The lowest BCUT2D eigenvalue weighted by atomic mass is 9.94. The minimum absolute atomic E-state index is 0.424. The van der Waals surface area contributed by atoms with E-state index in [0.29, 0.717) is 12.0 Å². The minimum atomic E-state index is 0.424. The number of nitrogens with zero attached hydrogens (tertiary/aromatic N) is 2. The van der Waals surface area contributed by atoms with Crippen LogP contribution in [0.4, 0.5) is 0 Å². The van der Waals surface area contributed by atoms with E-state index >= 15 is 0 Å². The van der Waals surface area contributed by atoms with Gasteiger partial charge < -0.3 is 5.32 Å². The van der Waals surface area contributed by atoms with Gasteiger partial charge in [-0.05, 0) is 32.4 Å². The summed E-state index contributed by atoms with van der Waals surface area (Å²) in [5, 5.41) is 7.73. The molecule has 1 rings (SSSR count). The van der Waals surface area contributed by atoms with Gasteiger partial charge in [0.2, 0.25) is 0 Å². The van der Waals surface area contributed by atoms with Gasteiger partial charge in [0.1, 0.15) is 0 Å². The van der Waals surface area contributed by atoms with Crippen LogP contribution in [0.2, 0.25) is 0 Å². The Morgan fingerprint density at radius 3 is 2.73 bits per heavy atom. The lowest BCUT2D eigenvalue weighted by Gasteiger charge is -2.23. The molecular formula is C12H23N3. The Balaban J connectivity index is 2.81. The van der Waals surface area contributed by atoms with Gasteiger partial charge in [0.05, 0.1) is 11.7 Å². The van der Waals surface area contributed by atoms with Crippen LogP contribution in [-0.4, -0.2) is 16.8 Å². The lowest BCUT2D eigenvalue weighted by Crippen LogP contribution is -2.26. The predicted molar refractivity (Wildman–Crippen MR) is 63.8 cm³/mol. The maximum absolute atomic E-state index is 4.32. The van der Waals surface area contributed by atoms with Crippen LogP contribution in [0.5, 0.6) is 0 Å². The zero-order chi connectivity index (χ0) is 11.3. The Kier molecular flexibility index (Phi) is 4.82. The summed E-state index contributed by atoms with van der Waals surface area (Å²) in [6.07, 6.45) is 4.38. The molecule has 0 aliphatic heterocycles. The lowest BCUT2D eigenvalue weighted by molar-refractivity contribution is 0.361. The summed E-state index contributed by atoms with van der Waals surface area (Å²) in [7, 11) is 2.03. The van der Waals surface area contributed by atoms with E-state index < -0.39 is 0 Å². The van der Waals surface area contributed by atoms with Gasteiger partial charge in [0.15, 0.2) is 0 Å². The first kappa shape index (κ1) is 12.2. The van der Waals surface area contributed by atoms with Crippen LogP contribution in [0, 0.1) is 5.92 Å². The normalized spacial score (nSPS) is 15.2. The van der Waals surface area contributed by atoms with Crippen LogP contribution < -0.4 is 5.32 Å². The van der Waals surface area contributed by atoms with Crippen molar-refractivity contribution < 1.29 is 0 Å². The highest BCUT2D eigenvalue weighted by atomic mass is 15.3. The molecule has 0 amide bonds. The van der Waals surface area contributed by atoms with Crippen molar-refractivity contribution in [2.45, 2.75) is 46.2 Å². The Labute approximate surface area is 92.9 Å². The summed E-state index contributed by atoms with van der Waals surface area (Å²) >= 11 is 0. The molecule has 3 heteroatoms. The van der Waals surface area contributed by atoms with Crippen molar-refractivity contribution in [3.8, 4) is 0 Å². The van der Waals surface area contributed by atoms with Gasteiger partial charge in [-0.2, -0.15) is 5.10 Å². The van der Waals surface area contributed by atoms with E-state index in [2.05, 4.69) is 41.9 Å². The summed E-state index contributed by atoms with van der Waals surface area (Å²) < 4.78 is 2.08. The molecule has 0 radical (unpaired) electrons. The molecule has 0 fully saturated rings. The Bertz CT molecular complexity index is 280. The van der Waals surface area contributed by atoms with E-state index in [-0.39, 0.29) is 0 Å². The monoisotopic (exact) mass is 209 g/mol. The average Bonchev–Trinajstić information content (AvgIpc) is 2.67. The van der Waals surface area contributed by atoms with Crippen molar-refractivity contribution in [3.63, 3.8) is 0 Å². The molecule has 1 N–H and O–H groups in total. The minimum Gasteiger partial charge on any atom is -0.311 e. The maximum Gasteiger partial charge on any atom is 0.0556 e. The molecule has 86 valence electrons. The summed E-state index contributed by atoms with van der Waals surface area (Å²) in [6.45, 7) is 7.62. The highest BCUT2D eigenvalue weighted by Crippen LogP contribution is 2.24. The molecule has 2 unspecified atom stereocenters. The second-order valence-corrected chi connectivity index (χ2v) is 4.10. The molecule has 0 aliphatic carbocycles. The van der Waals surface area contributed by atoms with E-state index in [9.17, 15) is 0 Å². The van der Waals surface area contributed by atoms with E-state index in [4.69, 9.17) is 0 Å². The zero-order valence-electron chi connectivity index (χ0n) is 10.3. The van der Waals surface area contributed by atoms with E-state index in [1.165, 1.54) is 18.5 Å². The van der Waals surface area contributed by atoms with Crippen molar-refractivity contribution in [3.05, 3.63) is 18.0 Å². The largest absolute Gasteiger partial charge is 0.311 e. The summed E-state index contributed by atoms with van der Waals surface area (Å²) in [4.78, 5) is 0. The molecule has 3 nitrogen and oxygen atoms in total. The van der Waals surface area contributed by atoms with Gasteiger partial charge in [-0.15, -0.1) is 0 Å². The van der Waals surface area contributed by atoms with Gasteiger partial charge in [0.25, 0.3) is 0 Å². The van der Waals surface area contributed by atoms with Crippen LogP contribution in [0.15, 0.2) is 12.3 Å². The van der Waals surface area contributed by atoms with E-state index in [1.54, 1.807) is 0 Å². The second-order valence-electron chi connectivity index (χ2n) is 4.10. The fourth-order valence-corrected chi connectivity index (χ4v) is 2.22. The summed E-state index contributed by atoms with van der Waals surface area (Å²) in [5.41, 5.74) is 1.31. The van der Waals surface area contributed by atoms with Crippen LogP contribution in [0.25, 0.3) is 0 Å². The second kappa shape index (κ2) is 5.91. The molecule has 1 aromatic heterocycles. The zero-order valence-corrected chi connectivity index (χ0v) is 10.3. The number of rotatable bonds is 6. The number of aryl methyl sites for hydroxylation is 1. The summed E-state index contributed by atoms with van der Waals surface area (Å²) in [6, 6.07) is 2.55. The molecule has 0 saturated carbocycles. The first-order chi connectivity index (χ1) is 7.24. The molecule has 0 spiro atoms. The number of nitrogens with one attached hydrogen (secondary N) is 1. The number of hydrogen-bond donors (Lipinski definition) is 1. The van der Waals surface area contributed by atoms with Crippen molar-refractivity contribution >= 4 is 0 Å². The number of hydrogen-bond acceptors (Lipinski definition) is 2. The topological polar surface area (TPSA) is 29.9 Å². The Morgan fingerprint density at radius 2 is 2.20 bits per heavy atom. The molecule has 0 aromatic carbocycles. The third-order valence-electron chi connectivity index (χ3n) is 2.99. The van der Waals surface area contributed by atoms with Crippen molar-refractivity contribution in [1.29, 1.82) is 0 Å². The molecule has 2 atom stereocenters. The Hall–Kier alpha value is -0.830. The predicted octanol–water partition coefficient (Wildman–Crippen LogP) is 2.60. The van der Waals surface area contributed by atoms with Crippen LogP contribution in [-0.2, 0) is 6.54 Å². The third-order valence-corrected chi connectivity index (χ3v) is 2.99. The molecule has 15 heavy (non-hydrogen) atoms. The quantitative estimate of drug-likeness (QED) is 0.780. The van der Waals surface area contributed by atoms with Crippen molar-refractivity contribution in [2.75, 3.05) is 7.05 Å². The first-order valence-electron chi connectivity index (χ1n) is 5.93. The smallest absolute Gasteiger partial charge is 0.0556 e. The highest BCUT2D eigenvalue weighted by molar-refractivity contribution is 5.08. The van der Waals surface area contributed by atoms with Crippen LogP contribution >= 0.6 is 0 Å². The Morgan fingerprint density at radius 1 is 1.47 bits per heavy atom. The molecule has 0 aliphatic rings. The molecule has 1 heterocycles. The number of aromatic nitrogens is 2.